The van der Waals surface area contributed by atoms with E-state index in [1.165, 1.54) is 19.3 Å². The minimum Gasteiger partial charge on any atom is -0.497 e. The number of nitrogens with zero attached hydrogens (tertiary/aromatic N) is 1. The van der Waals surface area contributed by atoms with Crippen LogP contribution in [0.15, 0.2) is 24.3 Å². The van der Waals surface area contributed by atoms with E-state index in [4.69, 9.17) is 9.47 Å². The van der Waals surface area contributed by atoms with Crippen LogP contribution in [-0.2, 0) is 4.79 Å². The van der Waals surface area contributed by atoms with E-state index in [1.54, 1.807) is 7.11 Å². The third-order valence-corrected chi connectivity index (χ3v) is 5.17. The van der Waals surface area contributed by atoms with Crippen LogP contribution in [0.1, 0.15) is 32.1 Å². The molecule has 2 fully saturated rings. The van der Waals surface area contributed by atoms with E-state index >= 15 is 0 Å². The number of aliphatic carboxylic acids is 1. The molecule has 1 heterocycles. The number of fused-ring (bicyclic) bond motifs is 1. The van der Waals surface area contributed by atoms with Crippen LogP contribution in [0, 0.1) is 5.92 Å². The molecular weight excluding hydrogens is 294 g/mol. The van der Waals surface area contributed by atoms with Crippen LogP contribution in [0.25, 0.3) is 0 Å². The maximum Gasteiger partial charge on any atom is 0.320 e. The van der Waals surface area contributed by atoms with Crippen molar-refractivity contribution in [2.45, 2.75) is 44.2 Å². The lowest BCUT2D eigenvalue weighted by Gasteiger charge is -2.32. The van der Waals surface area contributed by atoms with Gasteiger partial charge in [-0.1, -0.05) is 18.9 Å². The molecule has 0 amide bonds. The topological polar surface area (TPSA) is 59.0 Å². The second-order valence-corrected chi connectivity index (χ2v) is 6.47. The number of carbonyl (C=O) groups is 1. The van der Waals surface area contributed by atoms with Gasteiger partial charge in [0.2, 0.25) is 0 Å². The summed E-state index contributed by atoms with van der Waals surface area (Å²) in [6.45, 7) is 1.16. The van der Waals surface area contributed by atoms with E-state index in [9.17, 15) is 9.90 Å². The molecule has 3 unspecified atom stereocenters. The first-order valence-electron chi connectivity index (χ1n) is 8.44. The molecule has 5 nitrogen and oxygen atoms in total. The van der Waals surface area contributed by atoms with Gasteiger partial charge in [-0.25, -0.2) is 0 Å². The molecule has 23 heavy (non-hydrogen) atoms. The third kappa shape index (κ3) is 3.61. The molecule has 1 aliphatic carbocycles. The number of benzene rings is 1. The van der Waals surface area contributed by atoms with Crippen LogP contribution in [0.2, 0.25) is 0 Å². The largest absolute Gasteiger partial charge is 0.497 e. The fraction of sp³-hybridized carbons (Fsp3) is 0.611. The number of hydrogen-bond donors (Lipinski definition) is 1. The minimum absolute atomic E-state index is 0.350. The van der Waals surface area contributed by atoms with Gasteiger partial charge in [0, 0.05) is 18.7 Å². The Morgan fingerprint density at radius 1 is 1.30 bits per heavy atom. The Kier molecular flexibility index (Phi) is 5.06. The highest BCUT2D eigenvalue weighted by Gasteiger charge is 2.44. The summed E-state index contributed by atoms with van der Waals surface area (Å²) in [4.78, 5) is 13.7. The summed E-state index contributed by atoms with van der Waals surface area (Å²) in [5.41, 5.74) is 0. The standard InChI is InChI=1S/C18H25NO4/c1-22-14-6-4-7-15(12-14)23-10-9-19-16-8-3-2-5-13(16)11-17(19)18(20)21/h4,6-7,12-13,16-17H,2-3,5,8-11H2,1H3,(H,20,21). The van der Waals surface area contributed by atoms with Gasteiger partial charge in [0.25, 0.3) is 0 Å². The summed E-state index contributed by atoms with van der Waals surface area (Å²) in [5, 5.41) is 9.52. The van der Waals surface area contributed by atoms with Crippen molar-refractivity contribution in [2.24, 2.45) is 5.92 Å². The summed E-state index contributed by atoms with van der Waals surface area (Å²) in [5.74, 6) is 1.37. The molecule has 0 spiro atoms. The van der Waals surface area contributed by atoms with Crippen LogP contribution >= 0.6 is 0 Å². The van der Waals surface area contributed by atoms with Crippen molar-refractivity contribution in [3.8, 4) is 11.5 Å². The normalized spacial score (nSPS) is 27.4. The predicted molar refractivity (Wildman–Crippen MR) is 87.0 cm³/mol. The van der Waals surface area contributed by atoms with Crippen molar-refractivity contribution in [3.63, 3.8) is 0 Å². The zero-order valence-electron chi connectivity index (χ0n) is 13.6. The smallest absolute Gasteiger partial charge is 0.320 e. The first-order valence-corrected chi connectivity index (χ1v) is 8.44. The summed E-state index contributed by atoms with van der Waals surface area (Å²) < 4.78 is 11.0. The maximum absolute atomic E-state index is 11.6. The predicted octanol–water partition coefficient (Wildman–Crippen LogP) is 2.79. The van der Waals surface area contributed by atoms with Gasteiger partial charge in [0.05, 0.1) is 7.11 Å². The number of carboxylic acids is 1. The lowest BCUT2D eigenvalue weighted by atomic mass is 9.85. The van der Waals surface area contributed by atoms with Gasteiger partial charge in [-0.3, -0.25) is 9.69 Å². The lowest BCUT2D eigenvalue weighted by molar-refractivity contribution is -0.142. The van der Waals surface area contributed by atoms with E-state index in [0.29, 0.717) is 25.1 Å². The number of ether oxygens (including phenoxy) is 2. The van der Waals surface area contributed by atoms with Gasteiger partial charge in [-0.15, -0.1) is 0 Å². The molecule has 1 saturated carbocycles. The molecule has 5 heteroatoms. The van der Waals surface area contributed by atoms with E-state index < -0.39 is 5.97 Å². The molecule has 1 aromatic rings. The number of carboxylic acid groups (broad SMARTS) is 1. The van der Waals surface area contributed by atoms with Gasteiger partial charge in [0.15, 0.2) is 0 Å². The van der Waals surface area contributed by atoms with Crippen LogP contribution in [0.5, 0.6) is 11.5 Å². The second kappa shape index (κ2) is 7.21. The molecular formula is C18H25NO4. The van der Waals surface area contributed by atoms with Crippen molar-refractivity contribution in [1.82, 2.24) is 4.90 Å². The second-order valence-electron chi connectivity index (χ2n) is 6.47. The SMILES string of the molecule is COc1cccc(OCCN2C(C(=O)O)CC3CCCCC32)c1. The van der Waals surface area contributed by atoms with Crippen LogP contribution in [0.4, 0.5) is 0 Å². The Labute approximate surface area is 137 Å². The summed E-state index contributed by atoms with van der Waals surface area (Å²) in [7, 11) is 1.63. The molecule has 3 atom stereocenters. The molecule has 3 rings (SSSR count). The van der Waals surface area contributed by atoms with Crippen molar-refractivity contribution < 1.29 is 19.4 Å². The highest BCUT2D eigenvalue weighted by molar-refractivity contribution is 5.74. The molecule has 1 aliphatic heterocycles. The maximum atomic E-state index is 11.6. The molecule has 1 saturated heterocycles. The van der Waals surface area contributed by atoms with Crippen molar-refractivity contribution in [3.05, 3.63) is 24.3 Å². The minimum atomic E-state index is -0.694. The summed E-state index contributed by atoms with van der Waals surface area (Å²) >= 11 is 0. The van der Waals surface area contributed by atoms with Crippen molar-refractivity contribution in [2.75, 3.05) is 20.3 Å². The molecule has 0 aromatic heterocycles. The zero-order chi connectivity index (χ0) is 16.2. The van der Waals surface area contributed by atoms with Gasteiger partial charge < -0.3 is 14.6 Å². The zero-order valence-corrected chi connectivity index (χ0v) is 13.6. The average molecular weight is 319 g/mol. The number of hydrogen-bond acceptors (Lipinski definition) is 4. The first-order chi connectivity index (χ1) is 11.2. The molecule has 1 aromatic carbocycles. The van der Waals surface area contributed by atoms with Crippen LogP contribution in [0.3, 0.4) is 0 Å². The highest BCUT2D eigenvalue weighted by atomic mass is 16.5. The average Bonchev–Trinajstić information content (AvgIpc) is 2.94. The van der Waals surface area contributed by atoms with Crippen molar-refractivity contribution >= 4 is 5.97 Å². The van der Waals surface area contributed by atoms with Crippen LogP contribution in [-0.4, -0.2) is 48.3 Å². The highest BCUT2D eigenvalue weighted by Crippen LogP contribution is 2.39. The molecule has 0 radical (unpaired) electrons. The molecule has 1 N–H and O–H groups in total. The van der Waals surface area contributed by atoms with E-state index in [-0.39, 0.29) is 6.04 Å². The fourth-order valence-electron chi connectivity index (χ4n) is 4.08. The Balaban J connectivity index is 1.59. The van der Waals surface area contributed by atoms with E-state index in [0.717, 1.165) is 24.3 Å². The summed E-state index contributed by atoms with van der Waals surface area (Å²) in [6.07, 6.45) is 5.52. The quantitative estimate of drug-likeness (QED) is 0.874. The van der Waals surface area contributed by atoms with Gasteiger partial charge in [-0.05, 0) is 37.3 Å². The van der Waals surface area contributed by atoms with Gasteiger partial charge >= 0.3 is 5.97 Å². The first kappa shape index (κ1) is 16.1. The monoisotopic (exact) mass is 319 g/mol. The molecule has 0 bridgehead atoms. The van der Waals surface area contributed by atoms with Gasteiger partial charge in [0.1, 0.15) is 24.1 Å². The molecule has 126 valence electrons. The van der Waals surface area contributed by atoms with Crippen molar-refractivity contribution in [1.29, 1.82) is 0 Å². The Morgan fingerprint density at radius 2 is 2.09 bits per heavy atom. The Morgan fingerprint density at radius 3 is 2.87 bits per heavy atom. The molecule has 2 aliphatic rings. The van der Waals surface area contributed by atoms with E-state index in [1.807, 2.05) is 24.3 Å². The van der Waals surface area contributed by atoms with Gasteiger partial charge in [-0.2, -0.15) is 0 Å². The number of likely N-dealkylation sites (tertiary alicyclic amines) is 1. The number of rotatable bonds is 6. The Hall–Kier alpha value is -1.75. The number of methoxy groups -OCH3 is 1. The van der Waals surface area contributed by atoms with E-state index in [2.05, 4.69) is 4.90 Å². The fourth-order valence-corrected chi connectivity index (χ4v) is 4.08. The summed E-state index contributed by atoms with van der Waals surface area (Å²) in [6, 6.07) is 7.57. The third-order valence-electron chi connectivity index (χ3n) is 5.17. The Bertz CT molecular complexity index is 548. The lowest BCUT2D eigenvalue weighted by Crippen LogP contribution is -2.44. The van der Waals surface area contributed by atoms with Crippen LogP contribution < -0.4 is 9.47 Å².